The van der Waals surface area contributed by atoms with Gasteiger partial charge in [0, 0.05) is 37.3 Å². The Hall–Kier alpha value is -3.23. The molecule has 3 atom stereocenters. The molecule has 0 bridgehead atoms. The molecular weight excluding hydrogens is 480 g/mol. The molecule has 4 N–H and O–H groups in total. The number of aliphatic hydroxyl groups excluding tert-OH is 1. The van der Waals surface area contributed by atoms with Crippen LogP contribution in [0.1, 0.15) is 72.2 Å². The lowest BCUT2D eigenvalue weighted by Gasteiger charge is -2.26. The van der Waals surface area contributed by atoms with Crippen LogP contribution in [0.15, 0.2) is 54.6 Å². The van der Waals surface area contributed by atoms with Gasteiger partial charge in [0.25, 0.3) is 11.8 Å². The molecule has 38 heavy (non-hydrogen) atoms. The van der Waals surface area contributed by atoms with Crippen LogP contribution in [0, 0.1) is 0 Å². The second-order valence-electron chi connectivity index (χ2n) is 9.96. The van der Waals surface area contributed by atoms with Crippen LogP contribution in [0.4, 0.5) is 0 Å². The van der Waals surface area contributed by atoms with E-state index in [1.54, 1.807) is 24.3 Å². The third kappa shape index (κ3) is 8.67. The summed E-state index contributed by atoms with van der Waals surface area (Å²) in [6.45, 7) is 6.24. The van der Waals surface area contributed by atoms with Crippen LogP contribution < -0.4 is 16.0 Å². The van der Waals surface area contributed by atoms with Crippen LogP contribution in [0.5, 0.6) is 0 Å². The fourth-order valence-electron chi connectivity index (χ4n) is 4.77. The minimum atomic E-state index is -0.926. The topological polar surface area (TPSA) is 111 Å². The van der Waals surface area contributed by atoms with E-state index in [0.29, 0.717) is 43.6 Å². The van der Waals surface area contributed by atoms with Crippen LogP contribution in [-0.2, 0) is 11.2 Å². The summed E-state index contributed by atoms with van der Waals surface area (Å²) < 4.78 is 0. The molecule has 3 amide bonds. The summed E-state index contributed by atoms with van der Waals surface area (Å²) in [5, 5.41) is 20.2. The number of nitrogens with one attached hydrogen (secondary N) is 3. The number of nitrogens with zero attached hydrogens (tertiary/aromatic N) is 1. The van der Waals surface area contributed by atoms with Crippen molar-refractivity contribution in [3.63, 3.8) is 0 Å². The van der Waals surface area contributed by atoms with Crippen molar-refractivity contribution in [1.82, 2.24) is 20.9 Å². The van der Waals surface area contributed by atoms with Crippen molar-refractivity contribution < 1.29 is 19.5 Å². The summed E-state index contributed by atoms with van der Waals surface area (Å²) in [4.78, 5) is 40.5. The largest absolute Gasteiger partial charge is 0.390 e. The Kier molecular flexibility index (Phi) is 11.8. The van der Waals surface area contributed by atoms with Gasteiger partial charge in [0.15, 0.2) is 0 Å². The lowest BCUT2D eigenvalue weighted by Crippen LogP contribution is -2.52. The standard InChI is InChI=1S/C30H42N4O4/c1-3-17-34(18-4-2)30(38)24-14-10-13-23(20-24)28(36)33-26(19-22-11-6-5-7-12-22)27(35)21-32-25-15-8-9-16-31-29(25)37/h5-7,10-14,20,25-27,32,35H,3-4,8-9,15-19,21H2,1-2H3,(H,31,37)(H,33,36)/t25?,26-,27+/m0/s1. The molecule has 1 saturated heterocycles. The van der Waals surface area contributed by atoms with Crippen molar-refractivity contribution in [3.8, 4) is 0 Å². The van der Waals surface area contributed by atoms with Crippen molar-refractivity contribution in [2.24, 2.45) is 0 Å². The fourth-order valence-corrected chi connectivity index (χ4v) is 4.77. The second-order valence-corrected chi connectivity index (χ2v) is 9.96. The third-order valence-electron chi connectivity index (χ3n) is 6.83. The second kappa shape index (κ2) is 15.2. The molecule has 0 aromatic heterocycles. The predicted molar refractivity (Wildman–Crippen MR) is 149 cm³/mol. The molecular formula is C30H42N4O4. The van der Waals surface area contributed by atoms with E-state index in [1.807, 2.05) is 49.1 Å². The van der Waals surface area contributed by atoms with Gasteiger partial charge in [-0.25, -0.2) is 0 Å². The van der Waals surface area contributed by atoms with Crippen molar-refractivity contribution in [1.29, 1.82) is 0 Å². The molecule has 0 saturated carbocycles. The van der Waals surface area contributed by atoms with E-state index in [0.717, 1.165) is 31.2 Å². The number of rotatable bonds is 13. The zero-order valence-electron chi connectivity index (χ0n) is 22.6. The van der Waals surface area contributed by atoms with Crippen LogP contribution >= 0.6 is 0 Å². The maximum Gasteiger partial charge on any atom is 0.253 e. The van der Waals surface area contributed by atoms with Crippen molar-refractivity contribution in [2.75, 3.05) is 26.2 Å². The highest BCUT2D eigenvalue weighted by Gasteiger charge is 2.26. The van der Waals surface area contributed by atoms with E-state index in [-0.39, 0.29) is 30.3 Å². The fraction of sp³-hybridized carbons (Fsp3) is 0.500. The van der Waals surface area contributed by atoms with Gasteiger partial charge in [-0.3, -0.25) is 14.4 Å². The molecule has 3 rings (SSSR count). The summed E-state index contributed by atoms with van der Waals surface area (Å²) in [5.41, 5.74) is 1.81. The molecule has 1 aliphatic heterocycles. The molecule has 0 aliphatic carbocycles. The normalized spacial score (nSPS) is 17.1. The van der Waals surface area contributed by atoms with Gasteiger partial charge in [0.1, 0.15) is 0 Å². The Balaban J connectivity index is 1.73. The number of aliphatic hydroxyl groups is 1. The van der Waals surface area contributed by atoms with Gasteiger partial charge < -0.3 is 26.0 Å². The lowest BCUT2D eigenvalue weighted by molar-refractivity contribution is -0.123. The monoisotopic (exact) mass is 522 g/mol. The van der Waals surface area contributed by atoms with Crippen LogP contribution in [0.3, 0.4) is 0 Å². The van der Waals surface area contributed by atoms with Gasteiger partial charge in [0.05, 0.1) is 18.2 Å². The van der Waals surface area contributed by atoms with Gasteiger partial charge in [-0.1, -0.05) is 50.2 Å². The van der Waals surface area contributed by atoms with Gasteiger partial charge >= 0.3 is 0 Å². The smallest absolute Gasteiger partial charge is 0.253 e. The molecule has 1 aliphatic rings. The Morgan fingerprint density at radius 3 is 2.45 bits per heavy atom. The summed E-state index contributed by atoms with van der Waals surface area (Å²) in [7, 11) is 0. The summed E-state index contributed by atoms with van der Waals surface area (Å²) in [6, 6.07) is 15.4. The summed E-state index contributed by atoms with van der Waals surface area (Å²) >= 11 is 0. The van der Waals surface area contributed by atoms with E-state index in [9.17, 15) is 19.5 Å². The van der Waals surface area contributed by atoms with Crippen molar-refractivity contribution in [3.05, 3.63) is 71.3 Å². The number of carbonyl (C=O) groups excluding carboxylic acids is 3. The molecule has 2 aromatic rings. The molecule has 0 spiro atoms. The maximum absolute atomic E-state index is 13.3. The summed E-state index contributed by atoms with van der Waals surface area (Å²) in [5.74, 6) is -0.500. The molecule has 1 heterocycles. The summed E-state index contributed by atoms with van der Waals surface area (Å²) in [6.07, 6.45) is 3.80. The van der Waals surface area contributed by atoms with E-state index in [4.69, 9.17) is 0 Å². The molecule has 2 aromatic carbocycles. The zero-order valence-corrected chi connectivity index (χ0v) is 22.6. The number of amides is 3. The van der Waals surface area contributed by atoms with Crippen molar-refractivity contribution in [2.45, 2.75) is 70.6 Å². The number of hydrogen-bond acceptors (Lipinski definition) is 5. The van der Waals surface area contributed by atoms with E-state index >= 15 is 0 Å². The Labute approximate surface area is 226 Å². The highest BCUT2D eigenvalue weighted by molar-refractivity contribution is 5.99. The maximum atomic E-state index is 13.3. The van der Waals surface area contributed by atoms with E-state index in [2.05, 4.69) is 16.0 Å². The molecule has 8 heteroatoms. The first-order valence-electron chi connectivity index (χ1n) is 13.9. The minimum absolute atomic E-state index is 0.0555. The molecule has 206 valence electrons. The zero-order chi connectivity index (χ0) is 27.3. The Morgan fingerprint density at radius 1 is 1.03 bits per heavy atom. The van der Waals surface area contributed by atoms with Gasteiger partial charge in [-0.15, -0.1) is 0 Å². The van der Waals surface area contributed by atoms with Gasteiger partial charge in [-0.2, -0.15) is 0 Å². The van der Waals surface area contributed by atoms with Gasteiger partial charge in [-0.05, 0) is 62.3 Å². The number of benzene rings is 2. The Morgan fingerprint density at radius 2 is 1.74 bits per heavy atom. The lowest BCUT2D eigenvalue weighted by atomic mass is 9.99. The minimum Gasteiger partial charge on any atom is -0.390 e. The first-order chi connectivity index (χ1) is 18.4. The van der Waals surface area contributed by atoms with Crippen LogP contribution in [-0.4, -0.2) is 72.1 Å². The quantitative estimate of drug-likeness (QED) is 0.323. The highest BCUT2D eigenvalue weighted by Crippen LogP contribution is 2.13. The average molecular weight is 523 g/mol. The highest BCUT2D eigenvalue weighted by atomic mass is 16.3. The van der Waals surface area contributed by atoms with Crippen LogP contribution in [0.2, 0.25) is 0 Å². The van der Waals surface area contributed by atoms with E-state index < -0.39 is 12.1 Å². The average Bonchev–Trinajstić information content (AvgIpc) is 3.15. The number of hydrogen-bond donors (Lipinski definition) is 4. The molecule has 0 radical (unpaired) electrons. The van der Waals surface area contributed by atoms with E-state index in [1.165, 1.54) is 0 Å². The first-order valence-corrected chi connectivity index (χ1v) is 13.9. The molecule has 1 fully saturated rings. The first kappa shape index (κ1) is 29.3. The van der Waals surface area contributed by atoms with Gasteiger partial charge in [0.2, 0.25) is 5.91 Å². The Bertz CT molecular complexity index is 1040. The SMILES string of the molecule is CCCN(CCC)C(=O)c1cccc(C(=O)N[C@@H](Cc2ccccc2)[C@H](O)CNC2CCCCNC2=O)c1. The third-order valence-corrected chi connectivity index (χ3v) is 6.83. The predicted octanol–water partition coefficient (Wildman–Crippen LogP) is 2.91. The molecule has 1 unspecified atom stereocenters. The van der Waals surface area contributed by atoms with Crippen LogP contribution in [0.25, 0.3) is 0 Å². The molecule has 8 nitrogen and oxygen atoms in total. The number of carbonyl (C=O) groups is 3. The van der Waals surface area contributed by atoms with Crippen molar-refractivity contribution >= 4 is 17.7 Å².